The third-order valence-corrected chi connectivity index (χ3v) is 5.55. The number of carboxylic acids is 1. The number of rotatable bonds is 10. The number of hydrogen-bond donors (Lipinski definition) is 1. The number of furan rings is 1. The summed E-state index contributed by atoms with van der Waals surface area (Å²) in [4.78, 5) is 15.3. The summed E-state index contributed by atoms with van der Waals surface area (Å²) in [6.45, 7) is 1.98. The molecule has 1 atom stereocenters. The highest BCUT2D eigenvalue weighted by atomic mass is 16.5. The number of aromatic nitrogens is 1. The second-order valence-electron chi connectivity index (χ2n) is 7.96. The van der Waals surface area contributed by atoms with Crippen LogP contribution in [0.4, 0.5) is 0 Å². The molecule has 0 saturated carbocycles. The van der Waals surface area contributed by atoms with Crippen LogP contribution in [0, 0.1) is 0 Å². The molecule has 0 saturated heterocycles. The Kier molecular flexibility index (Phi) is 6.93. The molecular formula is C27H27NO5. The highest BCUT2D eigenvalue weighted by Crippen LogP contribution is 2.44. The number of fused-ring (bicyclic) bond motifs is 1. The quantitative estimate of drug-likeness (QED) is 0.278. The summed E-state index contributed by atoms with van der Waals surface area (Å²) in [6.07, 6.45) is 3.88. The summed E-state index contributed by atoms with van der Waals surface area (Å²) >= 11 is 0. The van der Waals surface area contributed by atoms with E-state index in [0.717, 1.165) is 46.4 Å². The number of ether oxygens (including phenoxy) is 2. The fourth-order valence-corrected chi connectivity index (χ4v) is 3.89. The van der Waals surface area contributed by atoms with E-state index in [1.54, 1.807) is 13.3 Å². The summed E-state index contributed by atoms with van der Waals surface area (Å²) in [6, 6.07) is 19.7. The molecule has 2 aromatic carbocycles. The Morgan fingerprint density at radius 1 is 1.03 bits per heavy atom. The van der Waals surface area contributed by atoms with Gasteiger partial charge in [0.05, 0.1) is 18.6 Å². The molecule has 6 nitrogen and oxygen atoms in total. The largest absolute Gasteiger partial charge is 0.497 e. The number of carboxylic acid groups (broad SMARTS) is 1. The molecule has 33 heavy (non-hydrogen) atoms. The molecule has 4 rings (SSSR count). The van der Waals surface area contributed by atoms with Crippen LogP contribution in [-0.4, -0.2) is 29.3 Å². The summed E-state index contributed by atoms with van der Waals surface area (Å²) in [7, 11) is 1.64. The zero-order valence-corrected chi connectivity index (χ0v) is 18.8. The molecule has 170 valence electrons. The van der Waals surface area contributed by atoms with Crippen LogP contribution >= 0.6 is 0 Å². The topological polar surface area (TPSA) is 81.8 Å². The minimum atomic E-state index is -0.772. The van der Waals surface area contributed by atoms with Crippen LogP contribution in [0.1, 0.15) is 32.6 Å². The number of benzene rings is 2. The lowest BCUT2D eigenvalue weighted by Crippen LogP contribution is -2.13. The van der Waals surface area contributed by atoms with Crippen molar-refractivity contribution in [1.29, 1.82) is 0 Å². The van der Waals surface area contributed by atoms with Crippen molar-refractivity contribution in [3.05, 3.63) is 66.9 Å². The van der Waals surface area contributed by atoms with Crippen molar-refractivity contribution in [2.75, 3.05) is 7.11 Å². The average Bonchev–Trinajstić information content (AvgIpc) is 3.23. The van der Waals surface area contributed by atoms with Crippen molar-refractivity contribution < 1.29 is 23.8 Å². The number of hydrogen-bond acceptors (Lipinski definition) is 5. The molecule has 0 aliphatic rings. The van der Waals surface area contributed by atoms with Gasteiger partial charge in [-0.1, -0.05) is 42.5 Å². The summed E-state index contributed by atoms with van der Waals surface area (Å²) in [5, 5.41) is 9.66. The average molecular weight is 446 g/mol. The SMILES string of the molecule is COc1ccc(-c2c(-c3ccccc3)oc3ccnc(O[C@H](C)CCCCC(=O)O)c23)cc1. The lowest BCUT2D eigenvalue weighted by Gasteiger charge is -2.15. The minimum absolute atomic E-state index is 0.115. The Morgan fingerprint density at radius 3 is 2.48 bits per heavy atom. The molecule has 1 N–H and O–H groups in total. The van der Waals surface area contributed by atoms with Crippen LogP contribution in [0.25, 0.3) is 33.4 Å². The smallest absolute Gasteiger partial charge is 0.303 e. The van der Waals surface area contributed by atoms with Gasteiger partial charge in [-0.15, -0.1) is 0 Å². The predicted molar refractivity (Wildman–Crippen MR) is 128 cm³/mol. The van der Waals surface area contributed by atoms with Gasteiger partial charge in [0.1, 0.15) is 17.1 Å². The zero-order valence-electron chi connectivity index (χ0n) is 18.8. The third kappa shape index (κ3) is 5.17. The molecule has 4 aromatic rings. The monoisotopic (exact) mass is 445 g/mol. The summed E-state index contributed by atoms with van der Waals surface area (Å²) < 4.78 is 17.9. The molecule has 6 heteroatoms. The molecule has 0 bridgehead atoms. The Hall–Kier alpha value is -3.80. The maximum absolute atomic E-state index is 10.8. The molecule has 2 aromatic heterocycles. The van der Waals surface area contributed by atoms with Crippen LogP contribution in [0.15, 0.2) is 71.3 Å². The minimum Gasteiger partial charge on any atom is -0.497 e. The first-order valence-corrected chi connectivity index (χ1v) is 11.1. The van der Waals surface area contributed by atoms with E-state index < -0.39 is 5.97 Å². The highest BCUT2D eigenvalue weighted by Gasteiger charge is 2.22. The number of aliphatic carboxylic acids is 1. The first-order chi connectivity index (χ1) is 16.1. The Balaban J connectivity index is 1.74. The van der Waals surface area contributed by atoms with Gasteiger partial charge in [-0.2, -0.15) is 0 Å². The van der Waals surface area contributed by atoms with E-state index in [2.05, 4.69) is 4.98 Å². The maximum Gasteiger partial charge on any atom is 0.303 e. The van der Waals surface area contributed by atoms with Crippen molar-refractivity contribution >= 4 is 16.9 Å². The van der Waals surface area contributed by atoms with Gasteiger partial charge in [-0.25, -0.2) is 4.98 Å². The molecule has 2 heterocycles. The maximum atomic E-state index is 10.8. The van der Waals surface area contributed by atoms with Gasteiger partial charge in [0.25, 0.3) is 0 Å². The fourth-order valence-electron chi connectivity index (χ4n) is 3.89. The van der Waals surface area contributed by atoms with Crippen LogP contribution < -0.4 is 9.47 Å². The third-order valence-electron chi connectivity index (χ3n) is 5.55. The van der Waals surface area contributed by atoms with E-state index in [0.29, 0.717) is 17.9 Å². The molecule has 0 radical (unpaired) electrons. The molecule has 0 amide bonds. The number of carbonyl (C=O) groups is 1. The highest BCUT2D eigenvalue weighted by molar-refractivity contribution is 6.04. The van der Waals surface area contributed by atoms with Crippen LogP contribution in [0.5, 0.6) is 11.6 Å². The Labute approximate surface area is 192 Å². The summed E-state index contributed by atoms with van der Waals surface area (Å²) in [5.74, 6) is 1.26. The standard InChI is InChI=1S/C27H27NO5/c1-18(8-6-7-11-23(29)30)32-27-25-22(16-17-28-27)33-26(20-9-4-3-5-10-20)24(25)19-12-14-21(31-2)15-13-19/h3-5,9-10,12-18H,6-8,11H2,1-2H3,(H,29,30)/t18-/m1/s1. The zero-order chi connectivity index (χ0) is 23.2. The summed E-state index contributed by atoms with van der Waals surface area (Å²) in [5.41, 5.74) is 3.55. The number of unbranched alkanes of at least 4 members (excludes halogenated alkanes) is 1. The molecule has 0 spiro atoms. The van der Waals surface area contributed by atoms with Gasteiger partial charge in [-0.3, -0.25) is 4.79 Å². The van der Waals surface area contributed by atoms with E-state index in [1.165, 1.54) is 0 Å². The van der Waals surface area contributed by atoms with Gasteiger partial charge in [0.2, 0.25) is 5.88 Å². The number of methoxy groups -OCH3 is 1. The molecule has 0 aliphatic heterocycles. The van der Waals surface area contributed by atoms with Gasteiger partial charge >= 0.3 is 5.97 Å². The van der Waals surface area contributed by atoms with E-state index in [4.69, 9.17) is 19.0 Å². The second kappa shape index (κ2) is 10.2. The van der Waals surface area contributed by atoms with Gasteiger partial charge in [0, 0.05) is 29.8 Å². The van der Waals surface area contributed by atoms with E-state index in [-0.39, 0.29) is 12.5 Å². The Morgan fingerprint density at radius 2 is 1.79 bits per heavy atom. The van der Waals surface area contributed by atoms with Crippen molar-refractivity contribution in [2.45, 2.75) is 38.7 Å². The normalized spacial score (nSPS) is 11.9. The lowest BCUT2D eigenvalue weighted by atomic mass is 9.99. The van der Waals surface area contributed by atoms with E-state index in [1.807, 2.05) is 67.6 Å². The van der Waals surface area contributed by atoms with Gasteiger partial charge < -0.3 is 19.0 Å². The Bertz CT molecular complexity index is 1210. The molecular weight excluding hydrogens is 418 g/mol. The van der Waals surface area contributed by atoms with Gasteiger partial charge in [0.15, 0.2) is 0 Å². The lowest BCUT2D eigenvalue weighted by molar-refractivity contribution is -0.137. The van der Waals surface area contributed by atoms with Crippen molar-refractivity contribution in [1.82, 2.24) is 4.98 Å². The van der Waals surface area contributed by atoms with Crippen molar-refractivity contribution in [2.24, 2.45) is 0 Å². The molecule has 0 unspecified atom stereocenters. The van der Waals surface area contributed by atoms with Crippen LogP contribution in [-0.2, 0) is 4.79 Å². The molecule has 0 aliphatic carbocycles. The molecule has 0 fully saturated rings. The van der Waals surface area contributed by atoms with Crippen molar-refractivity contribution in [3.8, 4) is 34.1 Å². The second-order valence-corrected chi connectivity index (χ2v) is 7.96. The van der Waals surface area contributed by atoms with E-state index in [9.17, 15) is 4.79 Å². The fraction of sp³-hybridized carbons (Fsp3) is 0.259. The predicted octanol–water partition coefficient (Wildman–Crippen LogP) is 6.58. The van der Waals surface area contributed by atoms with Crippen LogP contribution in [0.3, 0.4) is 0 Å². The van der Waals surface area contributed by atoms with Crippen LogP contribution in [0.2, 0.25) is 0 Å². The number of nitrogens with zero attached hydrogens (tertiary/aromatic N) is 1. The van der Waals surface area contributed by atoms with Gasteiger partial charge in [-0.05, 0) is 43.9 Å². The van der Waals surface area contributed by atoms with Crippen molar-refractivity contribution in [3.63, 3.8) is 0 Å². The number of pyridine rings is 1. The first-order valence-electron chi connectivity index (χ1n) is 11.1. The first kappa shape index (κ1) is 22.4. The van der Waals surface area contributed by atoms with E-state index >= 15 is 0 Å².